The second-order valence-corrected chi connectivity index (χ2v) is 8.81. The molecule has 0 aliphatic rings. The lowest BCUT2D eigenvalue weighted by Gasteiger charge is -2.14. The van der Waals surface area contributed by atoms with Crippen LogP contribution in [-0.4, -0.2) is 50.9 Å². The van der Waals surface area contributed by atoms with Crippen molar-refractivity contribution in [2.75, 3.05) is 39.9 Å². The lowest BCUT2D eigenvalue weighted by atomic mass is 10.1. The molecule has 1 unspecified atom stereocenters. The lowest BCUT2D eigenvalue weighted by molar-refractivity contribution is 0.0955. The Morgan fingerprint density at radius 1 is 1.12 bits per heavy atom. The molecule has 10 heteroatoms. The highest BCUT2D eigenvalue weighted by Crippen LogP contribution is 2.38. The van der Waals surface area contributed by atoms with Crippen LogP contribution in [0.3, 0.4) is 0 Å². The van der Waals surface area contributed by atoms with Crippen LogP contribution >= 0.6 is 0 Å². The van der Waals surface area contributed by atoms with E-state index in [1.165, 1.54) is 39.5 Å². The Balaban J connectivity index is 1.75. The summed E-state index contributed by atoms with van der Waals surface area (Å²) in [7, 11) is 3.60. The summed E-state index contributed by atoms with van der Waals surface area (Å²) >= 11 is 0. The Morgan fingerprint density at radius 2 is 1.78 bits per heavy atom. The number of carbonyl (C=O) groups is 1. The molecule has 1 aromatic heterocycles. The van der Waals surface area contributed by atoms with Crippen molar-refractivity contribution in [2.45, 2.75) is 4.90 Å². The van der Waals surface area contributed by atoms with Gasteiger partial charge < -0.3 is 29.1 Å². The molecule has 0 aliphatic carbocycles. The third kappa shape index (κ3) is 4.59. The van der Waals surface area contributed by atoms with Crippen molar-refractivity contribution in [1.82, 2.24) is 5.32 Å². The van der Waals surface area contributed by atoms with Gasteiger partial charge in [-0.05, 0) is 30.3 Å². The minimum absolute atomic E-state index is 0.0603. The van der Waals surface area contributed by atoms with Crippen molar-refractivity contribution < 1.29 is 32.9 Å². The SMILES string of the molecule is COc1cc(C(=O)NCC[S+](C)c2c(O)c3cc(F)ccc3oc2=O)cc(OC)c1OC. The van der Waals surface area contributed by atoms with Crippen LogP contribution in [0.4, 0.5) is 4.39 Å². The molecular formula is C22H23FNO7S+. The van der Waals surface area contributed by atoms with Crippen molar-refractivity contribution in [3.8, 4) is 23.0 Å². The van der Waals surface area contributed by atoms with Crippen LogP contribution in [0.25, 0.3) is 11.0 Å². The molecule has 1 amide bonds. The monoisotopic (exact) mass is 464 g/mol. The summed E-state index contributed by atoms with van der Waals surface area (Å²) in [4.78, 5) is 25.0. The van der Waals surface area contributed by atoms with Crippen LogP contribution < -0.4 is 25.2 Å². The molecule has 170 valence electrons. The lowest BCUT2D eigenvalue weighted by Crippen LogP contribution is -2.30. The van der Waals surface area contributed by atoms with Gasteiger partial charge in [0.25, 0.3) is 10.8 Å². The number of nitrogens with one attached hydrogen (secondary N) is 1. The maximum absolute atomic E-state index is 13.6. The number of amides is 1. The Hall–Kier alpha value is -3.40. The molecule has 0 saturated carbocycles. The highest BCUT2D eigenvalue weighted by Gasteiger charge is 2.28. The highest BCUT2D eigenvalue weighted by molar-refractivity contribution is 7.96. The first-order valence-corrected chi connectivity index (χ1v) is 11.3. The molecule has 0 bridgehead atoms. The topological polar surface area (TPSA) is 107 Å². The maximum Gasteiger partial charge on any atom is 0.396 e. The number of ether oxygens (including phenoxy) is 3. The number of benzene rings is 2. The van der Waals surface area contributed by atoms with Gasteiger partial charge in [-0.25, -0.2) is 9.18 Å². The minimum Gasteiger partial charge on any atom is -0.503 e. The third-order valence-electron chi connectivity index (χ3n) is 4.77. The normalized spacial score (nSPS) is 11.8. The van der Waals surface area contributed by atoms with E-state index in [1.807, 2.05) is 0 Å². The average Bonchev–Trinajstić information content (AvgIpc) is 2.78. The first kappa shape index (κ1) is 23.3. The predicted molar refractivity (Wildman–Crippen MR) is 119 cm³/mol. The molecule has 8 nitrogen and oxygen atoms in total. The molecule has 3 aromatic rings. The molecule has 2 aromatic carbocycles. The van der Waals surface area contributed by atoms with Gasteiger partial charge in [-0.15, -0.1) is 0 Å². The fraction of sp³-hybridized carbons (Fsp3) is 0.273. The van der Waals surface area contributed by atoms with Crippen molar-refractivity contribution in [2.24, 2.45) is 0 Å². The zero-order valence-corrected chi connectivity index (χ0v) is 18.8. The fourth-order valence-corrected chi connectivity index (χ4v) is 4.56. The Bertz CT molecular complexity index is 1190. The van der Waals surface area contributed by atoms with Gasteiger partial charge in [-0.2, -0.15) is 0 Å². The summed E-state index contributed by atoms with van der Waals surface area (Å²) in [6.45, 7) is 0.217. The van der Waals surface area contributed by atoms with E-state index in [0.717, 1.165) is 12.1 Å². The van der Waals surface area contributed by atoms with Gasteiger partial charge in [0.1, 0.15) is 23.4 Å². The zero-order valence-electron chi connectivity index (χ0n) is 18.0. The van der Waals surface area contributed by atoms with E-state index < -0.39 is 22.3 Å². The van der Waals surface area contributed by atoms with E-state index in [4.69, 9.17) is 18.6 Å². The molecule has 3 rings (SSSR count). The van der Waals surface area contributed by atoms with Gasteiger partial charge >= 0.3 is 5.63 Å². The Labute approximate surface area is 186 Å². The molecule has 32 heavy (non-hydrogen) atoms. The van der Waals surface area contributed by atoms with Gasteiger partial charge in [0, 0.05) is 16.5 Å². The Morgan fingerprint density at radius 3 is 2.38 bits per heavy atom. The largest absolute Gasteiger partial charge is 0.503 e. The van der Waals surface area contributed by atoms with E-state index in [2.05, 4.69) is 5.32 Å². The minimum atomic E-state index is -0.772. The second kappa shape index (κ2) is 9.82. The number of rotatable bonds is 8. The summed E-state index contributed by atoms with van der Waals surface area (Å²) in [6.07, 6.45) is 1.74. The van der Waals surface area contributed by atoms with Crippen LogP contribution in [0.1, 0.15) is 10.4 Å². The van der Waals surface area contributed by atoms with E-state index in [1.54, 1.807) is 6.26 Å². The molecule has 2 N–H and O–H groups in total. The van der Waals surface area contributed by atoms with E-state index >= 15 is 0 Å². The smallest absolute Gasteiger partial charge is 0.396 e. The van der Waals surface area contributed by atoms with E-state index in [-0.39, 0.29) is 34.1 Å². The number of fused-ring (bicyclic) bond motifs is 1. The van der Waals surface area contributed by atoms with Crippen molar-refractivity contribution in [1.29, 1.82) is 0 Å². The second-order valence-electron chi connectivity index (χ2n) is 6.72. The molecule has 0 radical (unpaired) electrons. The van der Waals surface area contributed by atoms with E-state index in [0.29, 0.717) is 28.6 Å². The van der Waals surface area contributed by atoms with Crippen molar-refractivity contribution in [3.05, 3.63) is 52.1 Å². The summed E-state index contributed by atoms with van der Waals surface area (Å²) in [5, 5.41) is 13.4. The summed E-state index contributed by atoms with van der Waals surface area (Å²) in [6, 6.07) is 6.61. The van der Waals surface area contributed by atoms with Gasteiger partial charge in [0.05, 0.1) is 33.3 Å². The molecule has 1 atom stereocenters. The van der Waals surface area contributed by atoms with Gasteiger partial charge in [0.2, 0.25) is 5.75 Å². The first-order valence-electron chi connectivity index (χ1n) is 9.46. The van der Waals surface area contributed by atoms with Crippen molar-refractivity contribution >= 4 is 27.8 Å². The van der Waals surface area contributed by atoms with Crippen LogP contribution in [0, 0.1) is 5.82 Å². The van der Waals surface area contributed by atoms with Gasteiger partial charge in [-0.3, -0.25) is 4.79 Å². The first-order chi connectivity index (χ1) is 15.3. The molecular weight excluding hydrogens is 441 g/mol. The highest BCUT2D eigenvalue weighted by atomic mass is 32.2. The molecule has 0 saturated heterocycles. The summed E-state index contributed by atoms with van der Waals surface area (Å²) in [5.74, 6) is 0.180. The number of hydrogen-bond acceptors (Lipinski definition) is 7. The quantitative estimate of drug-likeness (QED) is 0.390. The summed E-state index contributed by atoms with van der Waals surface area (Å²) in [5.41, 5.74) is -0.284. The number of halogens is 1. The van der Waals surface area contributed by atoms with Crippen LogP contribution in [0.2, 0.25) is 0 Å². The summed E-state index contributed by atoms with van der Waals surface area (Å²) < 4.78 is 34.5. The Kier molecular flexibility index (Phi) is 7.14. The van der Waals surface area contributed by atoms with E-state index in [9.17, 15) is 19.1 Å². The van der Waals surface area contributed by atoms with Crippen LogP contribution in [0.15, 0.2) is 44.4 Å². The van der Waals surface area contributed by atoms with Crippen LogP contribution in [-0.2, 0) is 10.9 Å². The third-order valence-corrected chi connectivity index (χ3v) is 6.64. The number of carbonyl (C=O) groups excluding carboxylic acids is 1. The number of aromatic hydroxyl groups is 1. The molecule has 0 aliphatic heterocycles. The molecule has 0 fully saturated rings. The zero-order chi connectivity index (χ0) is 23.4. The fourth-order valence-electron chi connectivity index (χ4n) is 3.18. The van der Waals surface area contributed by atoms with Crippen LogP contribution in [0.5, 0.6) is 23.0 Å². The predicted octanol–water partition coefficient (Wildman–Crippen LogP) is 2.70. The standard InChI is InChI=1S/C22H22FNO7S/c1-28-16-9-12(10-17(29-2)19(16)30-3)21(26)24-7-8-32(4)20-18(25)14-11-13(23)5-6-15(14)31-22(20)27/h5-6,9-11H,7-8H2,1-4H3,(H-,24,25,26,27)/p+1. The van der Waals surface area contributed by atoms with Gasteiger partial charge in [-0.1, -0.05) is 0 Å². The average molecular weight is 464 g/mol. The maximum atomic E-state index is 13.6. The number of hydrogen-bond donors (Lipinski definition) is 2. The van der Waals surface area contributed by atoms with Crippen molar-refractivity contribution in [3.63, 3.8) is 0 Å². The molecule has 0 spiro atoms. The number of methoxy groups -OCH3 is 3. The van der Waals surface area contributed by atoms with Gasteiger partial charge in [0.15, 0.2) is 17.2 Å². The molecule has 1 heterocycles.